The summed E-state index contributed by atoms with van der Waals surface area (Å²) in [6, 6.07) is 8.50. The maximum atomic E-state index is 10.6. The highest BCUT2D eigenvalue weighted by Gasteiger charge is 2.17. The molecule has 1 aromatic rings. The molecule has 0 aromatic heterocycles. The lowest BCUT2D eigenvalue weighted by Crippen LogP contribution is -2.46. The number of nitrogens with zero attached hydrogens (tertiary/aromatic N) is 2. The minimum absolute atomic E-state index is 0.235. The fourth-order valence-electron chi connectivity index (χ4n) is 2.67. The van der Waals surface area contributed by atoms with E-state index >= 15 is 0 Å². The molecule has 0 amide bonds. The number of ether oxygens (including phenoxy) is 1. The van der Waals surface area contributed by atoms with Crippen LogP contribution in [-0.4, -0.2) is 60.7 Å². The number of carbonyl (C=O) groups is 1. The Morgan fingerprint density at radius 3 is 2.52 bits per heavy atom. The molecule has 5 nitrogen and oxygen atoms in total. The van der Waals surface area contributed by atoms with E-state index in [1.54, 1.807) is 7.11 Å². The second kappa shape index (κ2) is 8.12. The van der Waals surface area contributed by atoms with Gasteiger partial charge in [-0.25, -0.2) is 0 Å². The maximum Gasteiger partial charge on any atom is 0.304 e. The molecule has 0 atom stereocenters. The summed E-state index contributed by atoms with van der Waals surface area (Å²) < 4.78 is 5.16. The van der Waals surface area contributed by atoms with Crippen molar-refractivity contribution in [1.82, 2.24) is 9.80 Å². The van der Waals surface area contributed by atoms with E-state index in [4.69, 9.17) is 9.84 Å². The predicted molar refractivity (Wildman–Crippen MR) is 81.1 cm³/mol. The Balaban J connectivity index is 1.78. The van der Waals surface area contributed by atoms with Gasteiger partial charge >= 0.3 is 5.97 Å². The van der Waals surface area contributed by atoms with Crippen LogP contribution in [0.15, 0.2) is 24.3 Å². The van der Waals surface area contributed by atoms with Crippen molar-refractivity contribution in [2.45, 2.75) is 19.6 Å². The molecule has 1 N–H and O–H groups in total. The smallest absolute Gasteiger partial charge is 0.304 e. The molecule has 0 aliphatic carbocycles. The zero-order valence-corrected chi connectivity index (χ0v) is 12.6. The van der Waals surface area contributed by atoms with Gasteiger partial charge in [0.2, 0.25) is 0 Å². The lowest BCUT2D eigenvalue weighted by Gasteiger charge is -2.34. The Hall–Kier alpha value is -1.43. The molecule has 1 aromatic carbocycles. The van der Waals surface area contributed by atoms with E-state index in [-0.39, 0.29) is 6.42 Å². The van der Waals surface area contributed by atoms with E-state index < -0.39 is 5.97 Å². The molecule has 1 saturated heterocycles. The molecule has 1 fully saturated rings. The fourth-order valence-corrected chi connectivity index (χ4v) is 2.67. The lowest BCUT2D eigenvalue weighted by atomic mass is 10.1. The Kier molecular flexibility index (Phi) is 6.17. The third kappa shape index (κ3) is 5.46. The second-order valence-corrected chi connectivity index (χ2v) is 5.51. The third-order valence-electron chi connectivity index (χ3n) is 3.82. The first kappa shape index (κ1) is 15.9. The molecular weight excluding hydrogens is 268 g/mol. The highest BCUT2D eigenvalue weighted by molar-refractivity contribution is 5.66. The highest BCUT2D eigenvalue weighted by Crippen LogP contribution is 2.11. The van der Waals surface area contributed by atoms with Crippen LogP contribution in [0.3, 0.4) is 0 Å². The summed E-state index contributed by atoms with van der Waals surface area (Å²) in [5.41, 5.74) is 2.51. The van der Waals surface area contributed by atoms with Crippen molar-refractivity contribution in [3.63, 3.8) is 0 Å². The number of hydrogen-bond donors (Lipinski definition) is 1. The van der Waals surface area contributed by atoms with Crippen molar-refractivity contribution >= 4 is 5.97 Å². The van der Waals surface area contributed by atoms with Crippen LogP contribution in [-0.2, 0) is 22.7 Å². The van der Waals surface area contributed by atoms with Crippen molar-refractivity contribution < 1.29 is 14.6 Å². The van der Waals surface area contributed by atoms with E-state index in [1.807, 2.05) is 0 Å². The van der Waals surface area contributed by atoms with Crippen LogP contribution >= 0.6 is 0 Å². The number of benzene rings is 1. The zero-order chi connectivity index (χ0) is 15.1. The Bertz CT molecular complexity index is 457. The molecule has 0 radical (unpaired) electrons. The van der Waals surface area contributed by atoms with Gasteiger partial charge in [-0.15, -0.1) is 0 Å². The summed E-state index contributed by atoms with van der Waals surface area (Å²) in [4.78, 5) is 15.2. The van der Waals surface area contributed by atoms with Gasteiger partial charge in [0.15, 0.2) is 0 Å². The van der Waals surface area contributed by atoms with Gasteiger partial charge in [0.05, 0.1) is 13.0 Å². The van der Waals surface area contributed by atoms with Crippen LogP contribution in [0.5, 0.6) is 0 Å². The summed E-state index contributed by atoms with van der Waals surface area (Å²) in [6.45, 7) is 6.14. The summed E-state index contributed by atoms with van der Waals surface area (Å²) in [5.74, 6) is -0.715. The number of carboxylic acids is 1. The number of hydrogen-bond acceptors (Lipinski definition) is 4. The number of carboxylic acid groups (broad SMARTS) is 1. The van der Waals surface area contributed by atoms with Gasteiger partial charge in [-0.1, -0.05) is 24.3 Å². The standard InChI is InChI=1S/C16H24N2O3/c1-21-13-15-4-2-3-14(11-15)12-18-9-7-17(8-10-18)6-5-16(19)20/h2-4,11H,5-10,12-13H2,1H3,(H,19,20). The molecule has 5 heteroatoms. The second-order valence-electron chi connectivity index (χ2n) is 5.51. The molecule has 116 valence electrons. The molecule has 1 aliphatic rings. The average molecular weight is 292 g/mol. The Morgan fingerprint density at radius 2 is 1.86 bits per heavy atom. The summed E-state index contributed by atoms with van der Waals surface area (Å²) in [6.07, 6.45) is 0.235. The van der Waals surface area contributed by atoms with Crippen LogP contribution in [0.25, 0.3) is 0 Å². The summed E-state index contributed by atoms with van der Waals surface area (Å²) in [7, 11) is 1.71. The number of aliphatic carboxylic acids is 1. The van der Waals surface area contributed by atoms with Crippen molar-refractivity contribution in [1.29, 1.82) is 0 Å². The maximum absolute atomic E-state index is 10.6. The van der Waals surface area contributed by atoms with E-state index in [0.717, 1.165) is 32.7 Å². The summed E-state index contributed by atoms with van der Waals surface area (Å²) >= 11 is 0. The van der Waals surface area contributed by atoms with Crippen molar-refractivity contribution in [2.75, 3.05) is 39.8 Å². The molecule has 0 saturated carbocycles. The molecular formula is C16H24N2O3. The SMILES string of the molecule is COCc1cccc(CN2CCN(CCC(=O)O)CC2)c1. The van der Waals surface area contributed by atoms with E-state index in [9.17, 15) is 4.79 Å². The molecule has 0 unspecified atom stereocenters. The van der Waals surface area contributed by atoms with E-state index in [2.05, 4.69) is 34.1 Å². The lowest BCUT2D eigenvalue weighted by molar-refractivity contribution is -0.137. The molecule has 1 aliphatic heterocycles. The monoisotopic (exact) mass is 292 g/mol. The first-order valence-corrected chi connectivity index (χ1v) is 7.40. The minimum atomic E-state index is -0.715. The first-order valence-electron chi connectivity index (χ1n) is 7.40. The van der Waals surface area contributed by atoms with Crippen LogP contribution < -0.4 is 0 Å². The fraction of sp³-hybridized carbons (Fsp3) is 0.562. The van der Waals surface area contributed by atoms with Gasteiger partial charge in [-0.3, -0.25) is 9.69 Å². The summed E-state index contributed by atoms with van der Waals surface area (Å²) in [5, 5.41) is 8.71. The van der Waals surface area contributed by atoms with E-state index in [1.165, 1.54) is 11.1 Å². The number of methoxy groups -OCH3 is 1. The average Bonchev–Trinajstić information content (AvgIpc) is 2.47. The van der Waals surface area contributed by atoms with Crippen LogP contribution in [0.2, 0.25) is 0 Å². The van der Waals surface area contributed by atoms with Crippen molar-refractivity contribution in [2.24, 2.45) is 0 Å². The van der Waals surface area contributed by atoms with Gasteiger partial charge < -0.3 is 14.7 Å². The van der Waals surface area contributed by atoms with Crippen molar-refractivity contribution in [3.05, 3.63) is 35.4 Å². The van der Waals surface area contributed by atoms with Gasteiger partial charge in [0.25, 0.3) is 0 Å². The zero-order valence-electron chi connectivity index (χ0n) is 12.6. The van der Waals surface area contributed by atoms with Crippen LogP contribution in [0.4, 0.5) is 0 Å². The topological polar surface area (TPSA) is 53.0 Å². The van der Waals surface area contributed by atoms with Gasteiger partial charge in [-0.2, -0.15) is 0 Å². The van der Waals surface area contributed by atoms with Gasteiger partial charge in [0.1, 0.15) is 0 Å². The van der Waals surface area contributed by atoms with E-state index in [0.29, 0.717) is 13.2 Å². The molecule has 1 heterocycles. The Labute approximate surface area is 126 Å². The van der Waals surface area contributed by atoms with Crippen LogP contribution in [0.1, 0.15) is 17.5 Å². The van der Waals surface area contributed by atoms with Crippen molar-refractivity contribution in [3.8, 4) is 0 Å². The molecule has 0 spiro atoms. The number of piperazine rings is 1. The van der Waals surface area contributed by atoms with Gasteiger partial charge in [0, 0.05) is 46.4 Å². The quantitative estimate of drug-likeness (QED) is 0.824. The third-order valence-corrected chi connectivity index (χ3v) is 3.82. The molecule has 2 rings (SSSR count). The number of rotatable bonds is 7. The molecule has 0 bridgehead atoms. The minimum Gasteiger partial charge on any atom is -0.481 e. The van der Waals surface area contributed by atoms with Gasteiger partial charge in [-0.05, 0) is 11.1 Å². The highest BCUT2D eigenvalue weighted by atomic mass is 16.5. The largest absolute Gasteiger partial charge is 0.481 e. The Morgan fingerprint density at radius 1 is 1.19 bits per heavy atom. The predicted octanol–water partition coefficient (Wildman–Crippen LogP) is 1.43. The van der Waals surface area contributed by atoms with Crippen LogP contribution in [0, 0.1) is 0 Å². The molecule has 21 heavy (non-hydrogen) atoms. The normalized spacial score (nSPS) is 17.0. The first-order chi connectivity index (χ1) is 10.2.